The molecule has 2 rings (SSSR count). The van der Waals surface area contributed by atoms with E-state index >= 15 is 0 Å². The number of nitrogens with two attached hydrogens (primary N) is 1. The number of thiazole rings is 1. The average Bonchev–Trinajstić information content (AvgIpc) is 2.92. The molecule has 0 radical (unpaired) electrons. The van der Waals surface area contributed by atoms with Crippen LogP contribution in [0.3, 0.4) is 0 Å². The van der Waals surface area contributed by atoms with Gasteiger partial charge in [0.2, 0.25) is 5.91 Å². The molecule has 0 fully saturated rings. The van der Waals surface area contributed by atoms with E-state index in [0.717, 1.165) is 36.3 Å². The minimum absolute atomic E-state index is 0.0843. The van der Waals surface area contributed by atoms with E-state index in [2.05, 4.69) is 15.6 Å². The smallest absolute Gasteiger partial charge is 0.259 e. The first-order chi connectivity index (χ1) is 12.5. The number of nitrogens with zero attached hydrogens (tertiary/aromatic N) is 1. The zero-order valence-electron chi connectivity index (χ0n) is 15.3. The second-order valence-corrected chi connectivity index (χ2v) is 7.36. The number of anilines is 2. The van der Waals surface area contributed by atoms with Crippen LogP contribution >= 0.6 is 11.3 Å². The van der Waals surface area contributed by atoms with Crippen molar-refractivity contribution in [3.05, 3.63) is 40.4 Å². The number of amides is 2. The summed E-state index contributed by atoms with van der Waals surface area (Å²) >= 11 is 1.44. The van der Waals surface area contributed by atoms with E-state index in [4.69, 9.17) is 5.73 Å². The first kappa shape index (κ1) is 20.1. The summed E-state index contributed by atoms with van der Waals surface area (Å²) < 4.78 is 0. The molecule has 6 nitrogen and oxygen atoms in total. The molecule has 0 bridgehead atoms. The molecule has 0 atom stereocenters. The van der Waals surface area contributed by atoms with Crippen LogP contribution in [-0.4, -0.2) is 23.3 Å². The average molecular weight is 375 g/mol. The first-order valence-electron chi connectivity index (χ1n) is 8.85. The number of hydrogen-bond donors (Lipinski definition) is 3. The number of benzene rings is 1. The molecule has 1 aromatic carbocycles. The highest BCUT2D eigenvalue weighted by Gasteiger charge is 2.15. The SMILES string of the molecule is Cc1nc(NC(=O)c2ccccc2NC(=O)CCCCCCN)sc1C. The topological polar surface area (TPSA) is 97.1 Å². The van der Waals surface area contributed by atoms with Crippen molar-refractivity contribution < 1.29 is 9.59 Å². The van der Waals surface area contributed by atoms with Crippen LogP contribution in [0, 0.1) is 13.8 Å². The van der Waals surface area contributed by atoms with Crippen molar-refractivity contribution in [2.45, 2.75) is 46.0 Å². The maximum atomic E-state index is 12.6. The molecule has 2 amide bonds. The van der Waals surface area contributed by atoms with E-state index in [1.54, 1.807) is 24.3 Å². The Hall–Kier alpha value is -2.25. The Labute approximate surface area is 158 Å². The maximum Gasteiger partial charge on any atom is 0.259 e. The largest absolute Gasteiger partial charge is 0.330 e. The summed E-state index contributed by atoms with van der Waals surface area (Å²) in [5, 5.41) is 6.21. The summed E-state index contributed by atoms with van der Waals surface area (Å²) in [7, 11) is 0. The Morgan fingerprint density at radius 3 is 2.50 bits per heavy atom. The van der Waals surface area contributed by atoms with Gasteiger partial charge in [-0.15, -0.1) is 11.3 Å². The number of rotatable bonds is 9. The third-order valence-electron chi connectivity index (χ3n) is 4.05. The molecular weight excluding hydrogens is 348 g/mol. The van der Waals surface area contributed by atoms with Gasteiger partial charge in [-0.3, -0.25) is 14.9 Å². The van der Waals surface area contributed by atoms with Gasteiger partial charge in [0.15, 0.2) is 5.13 Å². The van der Waals surface area contributed by atoms with Gasteiger partial charge in [-0.25, -0.2) is 4.98 Å². The fourth-order valence-corrected chi connectivity index (χ4v) is 3.29. The van der Waals surface area contributed by atoms with Crippen molar-refractivity contribution in [1.29, 1.82) is 0 Å². The molecule has 0 saturated carbocycles. The van der Waals surface area contributed by atoms with Gasteiger partial charge in [-0.1, -0.05) is 25.0 Å². The van der Waals surface area contributed by atoms with Gasteiger partial charge in [-0.05, 0) is 45.4 Å². The molecule has 1 heterocycles. The summed E-state index contributed by atoms with van der Waals surface area (Å²) in [5.74, 6) is -0.364. The number of aromatic nitrogens is 1. The molecule has 0 saturated heterocycles. The van der Waals surface area contributed by atoms with E-state index in [0.29, 0.717) is 29.3 Å². The minimum atomic E-state index is -0.280. The van der Waals surface area contributed by atoms with Crippen molar-refractivity contribution in [2.75, 3.05) is 17.2 Å². The van der Waals surface area contributed by atoms with Crippen molar-refractivity contribution in [1.82, 2.24) is 4.98 Å². The standard InChI is InChI=1S/C19H26N4O2S/c1-13-14(2)26-19(21-13)23-18(25)15-9-6-7-10-16(15)22-17(24)11-5-3-4-8-12-20/h6-7,9-10H,3-5,8,11-12,20H2,1-2H3,(H,22,24)(H,21,23,25). The maximum absolute atomic E-state index is 12.6. The molecule has 1 aromatic heterocycles. The summed E-state index contributed by atoms with van der Waals surface area (Å²) in [6, 6.07) is 7.00. The zero-order chi connectivity index (χ0) is 18.9. The van der Waals surface area contributed by atoms with Crippen LogP contribution < -0.4 is 16.4 Å². The Kier molecular flexibility index (Phi) is 7.74. The van der Waals surface area contributed by atoms with Gasteiger partial charge in [0.1, 0.15) is 0 Å². The van der Waals surface area contributed by atoms with Crippen molar-refractivity contribution >= 4 is 34.0 Å². The van der Waals surface area contributed by atoms with Gasteiger partial charge in [0, 0.05) is 11.3 Å². The van der Waals surface area contributed by atoms with Gasteiger partial charge in [-0.2, -0.15) is 0 Å². The van der Waals surface area contributed by atoms with Crippen LogP contribution in [0.4, 0.5) is 10.8 Å². The lowest BCUT2D eigenvalue weighted by molar-refractivity contribution is -0.116. The van der Waals surface area contributed by atoms with Crippen LogP contribution in [-0.2, 0) is 4.79 Å². The van der Waals surface area contributed by atoms with Crippen molar-refractivity contribution in [2.24, 2.45) is 5.73 Å². The van der Waals surface area contributed by atoms with Crippen LogP contribution in [0.15, 0.2) is 24.3 Å². The molecule has 140 valence electrons. The number of carbonyl (C=O) groups excluding carboxylic acids is 2. The third kappa shape index (κ3) is 5.93. The summed E-state index contributed by atoms with van der Waals surface area (Å²) in [6.45, 7) is 4.56. The zero-order valence-corrected chi connectivity index (χ0v) is 16.1. The van der Waals surface area contributed by atoms with Crippen LogP contribution in [0.5, 0.6) is 0 Å². The highest BCUT2D eigenvalue weighted by molar-refractivity contribution is 7.15. The quantitative estimate of drug-likeness (QED) is 0.581. The number of para-hydroxylation sites is 1. The molecule has 0 unspecified atom stereocenters. The van der Waals surface area contributed by atoms with E-state index in [1.165, 1.54) is 11.3 Å². The highest BCUT2D eigenvalue weighted by Crippen LogP contribution is 2.23. The lowest BCUT2D eigenvalue weighted by Gasteiger charge is -2.10. The molecule has 2 aromatic rings. The number of unbranched alkanes of at least 4 members (excludes halogenated alkanes) is 3. The minimum Gasteiger partial charge on any atom is -0.330 e. The Balaban J connectivity index is 1.96. The molecule has 0 aliphatic carbocycles. The second-order valence-electron chi connectivity index (χ2n) is 6.16. The van der Waals surface area contributed by atoms with E-state index in [9.17, 15) is 9.59 Å². The lowest BCUT2D eigenvalue weighted by Crippen LogP contribution is -2.18. The van der Waals surface area contributed by atoms with Crippen LogP contribution in [0.1, 0.15) is 53.0 Å². The predicted molar refractivity (Wildman–Crippen MR) is 107 cm³/mol. The van der Waals surface area contributed by atoms with Gasteiger partial charge in [0.05, 0.1) is 16.9 Å². The third-order valence-corrected chi connectivity index (χ3v) is 5.04. The lowest BCUT2D eigenvalue weighted by atomic mass is 10.1. The summed E-state index contributed by atoms with van der Waals surface area (Å²) in [6.07, 6.45) is 4.26. The molecule has 26 heavy (non-hydrogen) atoms. The summed E-state index contributed by atoms with van der Waals surface area (Å²) in [5.41, 5.74) is 7.31. The van der Waals surface area contributed by atoms with Gasteiger partial charge in [0.25, 0.3) is 5.91 Å². The molecular formula is C19H26N4O2S. The van der Waals surface area contributed by atoms with Gasteiger partial charge >= 0.3 is 0 Å². The molecule has 7 heteroatoms. The van der Waals surface area contributed by atoms with Gasteiger partial charge < -0.3 is 11.1 Å². The first-order valence-corrected chi connectivity index (χ1v) is 9.67. The number of carbonyl (C=O) groups is 2. The predicted octanol–water partition coefficient (Wildman–Crippen LogP) is 3.86. The Morgan fingerprint density at radius 2 is 1.81 bits per heavy atom. The van der Waals surface area contributed by atoms with Crippen LogP contribution in [0.25, 0.3) is 0 Å². The Bertz CT molecular complexity index is 738. The molecule has 0 aliphatic rings. The monoisotopic (exact) mass is 374 g/mol. The number of hydrogen-bond acceptors (Lipinski definition) is 5. The van der Waals surface area contributed by atoms with Crippen molar-refractivity contribution in [3.8, 4) is 0 Å². The number of aryl methyl sites for hydroxylation is 2. The van der Waals surface area contributed by atoms with E-state index in [-0.39, 0.29) is 11.8 Å². The highest BCUT2D eigenvalue weighted by atomic mass is 32.1. The molecule has 0 aliphatic heterocycles. The summed E-state index contributed by atoms with van der Waals surface area (Å²) in [4.78, 5) is 30.1. The van der Waals surface area contributed by atoms with E-state index < -0.39 is 0 Å². The van der Waals surface area contributed by atoms with Crippen LogP contribution in [0.2, 0.25) is 0 Å². The fourth-order valence-electron chi connectivity index (χ4n) is 2.48. The van der Waals surface area contributed by atoms with Crippen molar-refractivity contribution in [3.63, 3.8) is 0 Å². The van der Waals surface area contributed by atoms with E-state index in [1.807, 2.05) is 13.8 Å². The Morgan fingerprint density at radius 1 is 1.08 bits per heavy atom. The fraction of sp³-hybridized carbons (Fsp3) is 0.421. The second kappa shape index (κ2) is 10.0. The molecule has 0 spiro atoms. The normalized spacial score (nSPS) is 10.6. The number of nitrogens with one attached hydrogen (secondary N) is 2. The molecule has 4 N–H and O–H groups in total.